The highest BCUT2D eigenvalue weighted by atomic mass is 16.5. The number of hydrogen-bond acceptors (Lipinski definition) is 5. The molecule has 1 amide bonds. The monoisotopic (exact) mass is 285 g/mol. The fourth-order valence-electron chi connectivity index (χ4n) is 1.84. The third kappa shape index (κ3) is 3.30. The van der Waals surface area contributed by atoms with Gasteiger partial charge in [-0.25, -0.2) is 4.79 Å². The topological polar surface area (TPSA) is 107 Å². The summed E-state index contributed by atoms with van der Waals surface area (Å²) in [6, 6.07) is 11.6. The molecule has 2 aromatic carbocycles. The van der Waals surface area contributed by atoms with Crippen molar-refractivity contribution in [1.29, 1.82) is 0 Å². The van der Waals surface area contributed by atoms with E-state index in [2.05, 4.69) is 10.1 Å². The Labute approximate surface area is 121 Å². The van der Waals surface area contributed by atoms with E-state index in [9.17, 15) is 9.59 Å². The van der Waals surface area contributed by atoms with Gasteiger partial charge in [-0.15, -0.1) is 0 Å². The van der Waals surface area contributed by atoms with Crippen LogP contribution in [-0.4, -0.2) is 19.0 Å². The molecule has 0 unspecified atom stereocenters. The summed E-state index contributed by atoms with van der Waals surface area (Å²) in [7, 11) is 1.29. The standard InChI is InChI=1S/C15H15N3O3/c1-21-15(20)12-8-11(5-6-13(12)16)18-10-4-2-3-9(7-10)14(17)19/h2-8,18H,16H2,1H3,(H2,17,19). The molecule has 0 aromatic heterocycles. The van der Waals surface area contributed by atoms with Gasteiger partial charge >= 0.3 is 5.97 Å². The predicted octanol–water partition coefficient (Wildman–Crippen LogP) is 1.90. The molecule has 0 saturated heterocycles. The van der Waals surface area contributed by atoms with Crippen LogP contribution in [0.3, 0.4) is 0 Å². The number of nitrogens with one attached hydrogen (secondary N) is 1. The first-order chi connectivity index (χ1) is 10.0. The molecule has 5 N–H and O–H groups in total. The number of primary amides is 1. The highest BCUT2D eigenvalue weighted by Gasteiger charge is 2.11. The Morgan fingerprint density at radius 3 is 2.48 bits per heavy atom. The second-order valence-electron chi connectivity index (χ2n) is 4.36. The average molecular weight is 285 g/mol. The molecule has 2 rings (SSSR count). The number of nitrogens with two attached hydrogens (primary N) is 2. The highest BCUT2D eigenvalue weighted by Crippen LogP contribution is 2.22. The quantitative estimate of drug-likeness (QED) is 0.587. The average Bonchev–Trinajstić information content (AvgIpc) is 2.48. The zero-order valence-corrected chi connectivity index (χ0v) is 11.4. The van der Waals surface area contributed by atoms with Crippen LogP contribution in [-0.2, 0) is 4.74 Å². The summed E-state index contributed by atoms with van der Waals surface area (Å²) in [5.41, 5.74) is 13.3. The largest absolute Gasteiger partial charge is 0.465 e. The van der Waals surface area contributed by atoms with Gasteiger partial charge in [0.25, 0.3) is 0 Å². The highest BCUT2D eigenvalue weighted by molar-refractivity contribution is 5.96. The van der Waals surface area contributed by atoms with Crippen LogP contribution in [0.25, 0.3) is 0 Å². The van der Waals surface area contributed by atoms with Crippen LogP contribution in [0.15, 0.2) is 42.5 Å². The molecule has 0 radical (unpaired) electrons. The van der Waals surface area contributed by atoms with Crippen molar-refractivity contribution in [3.05, 3.63) is 53.6 Å². The summed E-state index contributed by atoms with van der Waals surface area (Å²) in [5.74, 6) is -1.02. The molecule has 0 atom stereocenters. The third-order valence-corrected chi connectivity index (χ3v) is 2.89. The van der Waals surface area contributed by atoms with E-state index >= 15 is 0 Å². The Bertz CT molecular complexity index is 698. The van der Waals surface area contributed by atoms with Gasteiger partial charge in [0.1, 0.15) is 0 Å². The Morgan fingerprint density at radius 1 is 1.10 bits per heavy atom. The number of hydrogen-bond donors (Lipinski definition) is 3. The molecule has 6 nitrogen and oxygen atoms in total. The SMILES string of the molecule is COC(=O)c1cc(Nc2cccc(C(N)=O)c2)ccc1N. The van der Waals surface area contributed by atoms with Gasteiger partial charge in [0.2, 0.25) is 5.91 Å². The van der Waals surface area contributed by atoms with Crippen molar-refractivity contribution in [3.8, 4) is 0 Å². The van der Waals surface area contributed by atoms with Crippen molar-refractivity contribution < 1.29 is 14.3 Å². The Balaban J connectivity index is 2.30. The van der Waals surface area contributed by atoms with E-state index in [0.717, 1.165) is 0 Å². The minimum Gasteiger partial charge on any atom is -0.465 e. The molecule has 0 aliphatic carbocycles. The molecule has 0 fully saturated rings. The second kappa shape index (κ2) is 5.96. The van der Waals surface area contributed by atoms with Gasteiger partial charge in [0, 0.05) is 22.6 Å². The van der Waals surface area contributed by atoms with Crippen molar-refractivity contribution >= 4 is 28.9 Å². The van der Waals surface area contributed by atoms with Gasteiger partial charge < -0.3 is 21.5 Å². The maximum Gasteiger partial charge on any atom is 0.340 e. The number of amides is 1. The fourth-order valence-corrected chi connectivity index (χ4v) is 1.84. The third-order valence-electron chi connectivity index (χ3n) is 2.89. The van der Waals surface area contributed by atoms with E-state index in [1.54, 1.807) is 42.5 Å². The zero-order chi connectivity index (χ0) is 15.4. The van der Waals surface area contributed by atoms with Crippen LogP contribution in [0.5, 0.6) is 0 Å². The van der Waals surface area contributed by atoms with Crippen LogP contribution in [0.2, 0.25) is 0 Å². The summed E-state index contributed by atoms with van der Waals surface area (Å²) in [5, 5.41) is 3.07. The lowest BCUT2D eigenvalue weighted by molar-refractivity contribution is 0.0602. The van der Waals surface area contributed by atoms with E-state index in [1.165, 1.54) is 7.11 Å². The van der Waals surface area contributed by atoms with E-state index in [1.807, 2.05) is 0 Å². The van der Waals surface area contributed by atoms with Gasteiger partial charge in [-0.05, 0) is 36.4 Å². The first kappa shape index (κ1) is 14.4. The lowest BCUT2D eigenvalue weighted by atomic mass is 10.1. The molecule has 0 aliphatic heterocycles. The van der Waals surface area contributed by atoms with Gasteiger partial charge in [-0.1, -0.05) is 6.07 Å². The molecular weight excluding hydrogens is 270 g/mol. The molecule has 0 saturated carbocycles. The number of anilines is 3. The smallest absolute Gasteiger partial charge is 0.340 e. The number of carbonyl (C=O) groups is 2. The van der Waals surface area contributed by atoms with Gasteiger partial charge in [0.05, 0.1) is 12.7 Å². The van der Waals surface area contributed by atoms with Gasteiger partial charge in [0.15, 0.2) is 0 Å². The van der Waals surface area contributed by atoms with E-state index in [-0.39, 0.29) is 5.56 Å². The Kier molecular flexibility index (Phi) is 4.08. The Morgan fingerprint density at radius 2 is 1.81 bits per heavy atom. The lowest BCUT2D eigenvalue weighted by Gasteiger charge is -2.10. The van der Waals surface area contributed by atoms with Crippen LogP contribution in [0, 0.1) is 0 Å². The molecule has 21 heavy (non-hydrogen) atoms. The van der Waals surface area contributed by atoms with Crippen molar-refractivity contribution in [3.63, 3.8) is 0 Å². The number of carbonyl (C=O) groups excluding carboxylic acids is 2. The zero-order valence-electron chi connectivity index (χ0n) is 11.4. The number of rotatable bonds is 4. The van der Waals surface area contributed by atoms with Crippen molar-refractivity contribution in [2.45, 2.75) is 0 Å². The number of methoxy groups -OCH3 is 1. The lowest BCUT2D eigenvalue weighted by Crippen LogP contribution is -2.11. The number of nitrogen functional groups attached to an aromatic ring is 1. The minimum absolute atomic E-state index is 0.272. The van der Waals surface area contributed by atoms with Gasteiger partial charge in [-0.2, -0.15) is 0 Å². The molecule has 0 bridgehead atoms. The molecular formula is C15H15N3O3. The molecule has 6 heteroatoms. The first-order valence-electron chi connectivity index (χ1n) is 6.16. The predicted molar refractivity (Wildman–Crippen MR) is 80.4 cm³/mol. The van der Waals surface area contributed by atoms with Crippen LogP contribution >= 0.6 is 0 Å². The molecule has 2 aromatic rings. The molecule has 0 spiro atoms. The number of esters is 1. The van der Waals surface area contributed by atoms with Crippen molar-refractivity contribution in [2.75, 3.05) is 18.2 Å². The maximum absolute atomic E-state index is 11.6. The fraction of sp³-hybridized carbons (Fsp3) is 0.0667. The van der Waals surface area contributed by atoms with Crippen LogP contribution in [0.1, 0.15) is 20.7 Å². The molecule has 0 heterocycles. The molecule has 0 aliphatic rings. The van der Waals surface area contributed by atoms with Crippen molar-refractivity contribution in [2.24, 2.45) is 5.73 Å². The summed E-state index contributed by atoms with van der Waals surface area (Å²) >= 11 is 0. The summed E-state index contributed by atoms with van der Waals surface area (Å²) in [6.45, 7) is 0. The first-order valence-corrected chi connectivity index (χ1v) is 6.16. The summed E-state index contributed by atoms with van der Waals surface area (Å²) in [4.78, 5) is 22.7. The van der Waals surface area contributed by atoms with Crippen LogP contribution < -0.4 is 16.8 Å². The molecule has 108 valence electrons. The second-order valence-corrected chi connectivity index (χ2v) is 4.36. The van der Waals surface area contributed by atoms with E-state index in [0.29, 0.717) is 22.6 Å². The summed E-state index contributed by atoms with van der Waals surface area (Å²) in [6.07, 6.45) is 0. The van der Waals surface area contributed by atoms with E-state index < -0.39 is 11.9 Å². The summed E-state index contributed by atoms with van der Waals surface area (Å²) < 4.78 is 4.66. The van der Waals surface area contributed by atoms with Gasteiger partial charge in [-0.3, -0.25) is 4.79 Å². The van der Waals surface area contributed by atoms with Crippen molar-refractivity contribution in [1.82, 2.24) is 0 Å². The van der Waals surface area contributed by atoms with Crippen LogP contribution in [0.4, 0.5) is 17.1 Å². The Hall–Kier alpha value is -3.02. The maximum atomic E-state index is 11.6. The minimum atomic E-state index is -0.512. The number of benzene rings is 2. The normalized spacial score (nSPS) is 9.95. The van der Waals surface area contributed by atoms with E-state index in [4.69, 9.17) is 11.5 Å². The number of ether oxygens (including phenoxy) is 1.